The second-order valence-corrected chi connectivity index (χ2v) is 7.16. The van der Waals surface area contributed by atoms with Gasteiger partial charge in [-0.05, 0) is 26.2 Å². The number of hydrogen-bond donors (Lipinski definition) is 1. The van der Waals surface area contributed by atoms with E-state index in [4.69, 9.17) is 5.11 Å². The number of carboxylic acids is 1. The summed E-state index contributed by atoms with van der Waals surface area (Å²) in [6.45, 7) is 2.10. The Morgan fingerprint density at radius 1 is 0.625 bits per heavy atom. The lowest BCUT2D eigenvalue weighted by molar-refractivity contribution is -0.137. The van der Waals surface area contributed by atoms with Gasteiger partial charge in [-0.1, -0.05) is 102 Å². The minimum Gasteiger partial charge on any atom is -0.481 e. The highest BCUT2D eigenvalue weighted by atomic mass is 16.4. The molecule has 0 aliphatic rings. The van der Waals surface area contributed by atoms with E-state index in [9.17, 15) is 4.79 Å². The Kier molecular flexibility index (Phi) is 19.6. The molecule has 0 spiro atoms. The van der Waals surface area contributed by atoms with E-state index in [0.717, 1.165) is 12.8 Å². The van der Waals surface area contributed by atoms with Gasteiger partial charge in [0.1, 0.15) is 0 Å². The van der Waals surface area contributed by atoms with E-state index in [1.54, 1.807) is 0 Å². The van der Waals surface area contributed by atoms with Crippen molar-refractivity contribution >= 4 is 5.97 Å². The molecule has 0 amide bonds. The number of allylic oxidation sites excluding steroid dienone is 2. The quantitative estimate of drug-likeness (QED) is 0.194. The van der Waals surface area contributed by atoms with E-state index < -0.39 is 5.97 Å². The molecule has 0 saturated heterocycles. The number of unbranched alkanes of at least 4 members (excludes halogenated alkanes) is 16. The summed E-state index contributed by atoms with van der Waals surface area (Å²) in [5, 5.41) is 8.55. The molecule has 0 unspecified atom stereocenters. The van der Waals surface area contributed by atoms with Crippen molar-refractivity contribution in [1.82, 2.24) is 0 Å². The maximum absolute atomic E-state index is 10.4. The summed E-state index contributed by atoms with van der Waals surface area (Å²) in [6, 6.07) is 0. The molecule has 0 radical (unpaired) electrons. The molecule has 0 aliphatic carbocycles. The Balaban J connectivity index is 2.99. The van der Waals surface area contributed by atoms with E-state index in [-0.39, 0.29) is 0 Å². The Hall–Kier alpha value is -0.790. The first-order valence-corrected chi connectivity index (χ1v) is 10.6. The minimum absolute atomic E-state index is 0.343. The predicted molar refractivity (Wildman–Crippen MR) is 106 cm³/mol. The highest BCUT2D eigenvalue weighted by Crippen LogP contribution is 2.14. The molecule has 2 heteroatoms. The molecule has 0 aromatic carbocycles. The number of carbonyl (C=O) groups is 1. The van der Waals surface area contributed by atoms with Gasteiger partial charge in [0.15, 0.2) is 0 Å². The maximum atomic E-state index is 10.4. The fraction of sp³-hybridized carbons (Fsp3) is 0.864. The number of hydrogen-bond acceptors (Lipinski definition) is 1. The van der Waals surface area contributed by atoms with Gasteiger partial charge in [0.25, 0.3) is 0 Å². The van der Waals surface area contributed by atoms with Crippen molar-refractivity contribution in [3.8, 4) is 0 Å². The van der Waals surface area contributed by atoms with Crippen molar-refractivity contribution in [2.75, 3.05) is 0 Å². The van der Waals surface area contributed by atoms with Gasteiger partial charge in [-0.2, -0.15) is 0 Å². The zero-order chi connectivity index (χ0) is 17.7. The topological polar surface area (TPSA) is 37.3 Å². The Labute approximate surface area is 151 Å². The lowest BCUT2D eigenvalue weighted by Gasteiger charge is -2.03. The van der Waals surface area contributed by atoms with Crippen LogP contribution in [0, 0.1) is 0 Å². The standard InChI is InChI=1S/C22H42O2/c1-2-3-4-5-6-7-8-9-10-11-12-13-14-15-16-17-18-19-20-21-22(23)24/h2-3H,4-21H2,1H3,(H,23,24)/b3-2+. The van der Waals surface area contributed by atoms with Gasteiger partial charge in [0, 0.05) is 6.42 Å². The molecular formula is C22H42O2. The molecule has 0 aromatic rings. The number of aliphatic carboxylic acids is 1. The van der Waals surface area contributed by atoms with Crippen molar-refractivity contribution in [2.45, 2.75) is 122 Å². The van der Waals surface area contributed by atoms with Crippen LogP contribution >= 0.6 is 0 Å². The number of rotatable bonds is 19. The Bertz CT molecular complexity index is 284. The largest absolute Gasteiger partial charge is 0.481 e. The van der Waals surface area contributed by atoms with Gasteiger partial charge >= 0.3 is 5.97 Å². The molecule has 142 valence electrons. The summed E-state index contributed by atoms with van der Waals surface area (Å²) in [6.07, 6.45) is 27.3. The monoisotopic (exact) mass is 338 g/mol. The fourth-order valence-electron chi connectivity index (χ4n) is 3.18. The van der Waals surface area contributed by atoms with E-state index in [1.807, 2.05) is 0 Å². The first-order valence-electron chi connectivity index (χ1n) is 10.6. The van der Waals surface area contributed by atoms with E-state index in [1.165, 1.54) is 96.3 Å². The van der Waals surface area contributed by atoms with Crippen LogP contribution in [0.2, 0.25) is 0 Å². The van der Waals surface area contributed by atoms with Crippen LogP contribution in [0.4, 0.5) is 0 Å². The first kappa shape index (κ1) is 23.2. The third-order valence-corrected chi connectivity index (χ3v) is 4.75. The van der Waals surface area contributed by atoms with E-state index >= 15 is 0 Å². The van der Waals surface area contributed by atoms with Gasteiger partial charge in [0.2, 0.25) is 0 Å². The molecule has 0 fully saturated rings. The molecule has 0 bridgehead atoms. The summed E-state index contributed by atoms with van der Waals surface area (Å²) < 4.78 is 0. The van der Waals surface area contributed by atoms with Crippen LogP contribution < -0.4 is 0 Å². The van der Waals surface area contributed by atoms with Gasteiger partial charge in [-0.25, -0.2) is 0 Å². The van der Waals surface area contributed by atoms with Crippen LogP contribution in [0.3, 0.4) is 0 Å². The fourth-order valence-corrected chi connectivity index (χ4v) is 3.18. The molecule has 0 atom stereocenters. The van der Waals surface area contributed by atoms with Gasteiger partial charge in [-0.3, -0.25) is 4.79 Å². The predicted octanol–water partition coefficient (Wildman–Crippen LogP) is 7.67. The maximum Gasteiger partial charge on any atom is 0.303 e. The first-order chi connectivity index (χ1) is 11.8. The van der Waals surface area contributed by atoms with Crippen molar-refractivity contribution in [3.63, 3.8) is 0 Å². The summed E-state index contributed by atoms with van der Waals surface area (Å²) in [4.78, 5) is 10.4. The SMILES string of the molecule is C/C=C/CCCCCCCCCCCCCCCCCCC(=O)O. The zero-order valence-corrected chi connectivity index (χ0v) is 16.2. The summed E-state index contributed by atoms with van der Waals surface area (Å²) in [7, 11) is 0. The second kappa shape index (κ2) is 20.3. The minimum atomic E-state index is -0.653. The highest BCUT2D eigenvalue weighted by molar-refractivity contribution is 5.66. The Morgan fingerprint density at radius 2 is 0.958 bits per heavy atom. The van der Waals surface area contributed by atoms with Crippen molar-refractivity contribution < 1.29 is 9.90 Å². The van der Waals surface area contributed by atoms with Crippen LogP contribution in [0.15, 0.2) is 12.2 Å². The van der Waals surface area contributed by atoms with E-state index in [0.29, 0.717) is 6.42 Å². The van der Waals surface area contributed by atoms with E-state index in [2.05, 4.69) is 19.1 Å². The smallest absolute Gasteiger partial charge is 0.303 e. The molecule has 0 heterocycles. The molecule has 24 heavy (non-hydrogen) atoms. The highest BCUT2D eigenvalue weighted by Gasteiger charge is 1.97. The zero-order valence-electron chi connectivity index (χ0n) is 16.2. The third-order valence-electron chi connectivity index (χ3n) is 4.75. The molecule has 0 aromatic heterocycles. The van der Waals surface area contributed by atoms with Gasteiger partial charge in [0.05, 0.1) is 0 Å². The summed E-state index contributed by atoms with van der Waals surface area (Å²) in [5.41, 5.74) is 0. The van der Waals surface area contributed by atoms with Crippen molar-refractivity contribution in [1.29, 1.82) is 0 Å². The van der Waals surface area contributed by atoms with Crippen LogP contribution in [-0.4, -0.2) is 11.1 Å². The molecule has 1 N–H and O–H groups in total. The van der Waals surface area contributed by atoms with Crippen LogP contribution in [-0.2, 0) is 4.79 Å². The molecule has 0 saturated carbocycles. The van der Waals surface area contributed by atoms with Gasteiger partial charge in [-0.15, -0.1) is 0 Å². The molecule has 0 aliphatic heterocycles. The summed E-state index contributed by atoms with van der Waals surface area (Å²) >= 11 is 0. The second-order valence-electron chi connectivity index (χ2n) is 7.16. The van der Waals surface area contributed by atoms with Crippen LogP contribution in [0.1, 0.15) is 122 Å². The molecular weight excluding hydrogens is 296 g/mol. The lowest BCUT2D eigenvalue weighted by atomic mass is 10.0. The molecule has 2 nitrogen and oxygen atoms in total. The third kappa shape index (κ3) is 21.2. The summed E-state index contributed by atoms with van der Waals surface area (Å²) in [5.74, 6) is -0.653. The lowest BCUT2D eigenvalue weighted by Crippen LogP contribution is -1.93. The number of carboxylic acid groups (broad SMARTS) is 1. The van der Waals surface area contributed by atoms with Crippen molar-refractivity contribution in [3.05, 3.63) is 12.2 Å². The average molecular weight is 339 g/mol. The normalized spacial score (nSPS) is 11.4. The van der Waals surface area contributed by atoms with Crippen LogP contribution in [0.25, 0.3) is 0 Å². The molecule has 0 rings (SSSR count). The van der Waals surface area contributed by atoms with Crippen molar-refractivity contribution in [2.24, 2.45) is 0 Å². The van der Waals surface area contributed by atoms with Gasteiger partial charge < -0.3 is 5.11 Å². The average Bonchev–Trinajstić information content (AvgIpc) is 2.56. The Morgan fingerprint density at radius 3 is 1.29 bits per heavy atom. The van der Waals surface area contributed by atoms with Crippen LogP contribution in [0.5, 0.6) is 0 Å².